The number of hydrogen-bond donors (Lipinski definition) is 2. The van der Waals surface area contributed by atoms with Gasteiger partial charge in [0.15, 0.2) is 0 Å². The first-order valence-electron chi connectivity index (χ1n) is 12.6. The number of rotatable bonds is 5. The lowest BCUT2D eigenvalue weighted by Crippen LogP contribution is -2.44. The van der Waals surface area contributed by atoms with Crippen molar-refractivity contribution < 1.29 is 14.3 Å². The second-order valence-electron chi connectivity index (χ2n) is 10.8. The zero-order valence-electron chi connectivity index (χ0n) is 20.4. The lowest BCUT2D eigenvalue weighted by Gasteiger charge is -2.37. The third-order valence-electron chi connectivity index (χ3n) is 7.90. The molecular weight excluding hydrogens is 463 g/mol. The maximum absolute atomic E-state index is 14.4. The van der Waals surface area contributed by atoms with Gasteiger partial charge in [-0.2, -0.15) is 5.26 Å². The molecular formula is C27H33FN4O2S. The first kappa shape index (κ1) is 24.2. The second-order valence-corrected chi connectivity index (χ2v) is 12.0. The summed E-state index contributed by atoms with van der Waals surface area (Å²) in [6.07, 6.45) is 2.98. The van der Waals surface area contributed by atoms with Gasteiger partial charge < -0.3 is 15.3 Å². The molecule has 2 aliphatic carbocycles. The van der Waals surface area contributed by atoms with Crippen molar-refractivity contribution in [2.75, 3.05) is 18.0 Å². The van der Waals surface area contributed by atoms with Gasteiger partial charge in [0, 0.05) is 30.6 Å². The lowest BCUT2D eigenvalue weighted by atomic mass is 9.75. The van der Waals surface area contributed by atoms with E-state index in [9.17, 15) is 19.6 Å². The average Bonchev–Trinajstić information content (AvgIpc) is 3.51. The van der Waals surface area contributed by atoms with E-state index >= 15 is 0 Å². The van der Waals surface area contributed by atoms with Gasteiger partial charge >= 0.3 is 0 Å². The quantitative estimate of drug-likeness (QED) is 0.617. The molecule has 1 saturated heterocycles. The van der Waals surface area contributed by atoms with Crippen molar-refractivity contribution in [3.63, 3.8) is 0 Å². The molecule has 3 fully saturated rings. The van der Waals surface area contributed by atoms with E-state index in [-0.39, 0.29) is 18.2 Å². The Morgan fingerprint density at radius 1 is 1.23 bits per heavy atom. The Morgan fingerprint density at radius 2 is 1.91 bits per heavy atom. The standard InChI is InChI=1S/C27H33FN4O2S/c1-17-30-23(21-8-5-19(28)15-22(21)25(33)31-27(16-29)9-10-27)24(35-17)18-3-6-20(7-4-18)32-13-11-26(2,34)12-14-32/h3-4,6-7,19,21-22,34H,5,8-15H2,1-2H3,(H,31,33)/t19-,21+,22?/m0/s1. The van der Waals surface area contributed by atoms with Crippen LogP contribution < -0.4 is 10.2 Å². The molecule has 5 rings (SSSR count). The molecule has 1 unspecified atom stereocenters. The van der Waals surface area contributed by atoms with Gasteiger partial charge in [0.1, 0.15) is 11.7 Å². The second kappa shape index (κ2) is 9.18. The Balaban J connectivity index is 1.39. The summed E-state index contributed by atoms with van der Waals surface area (Å²) in [5, 5.41) is 23.5. The Morgan fingerprint density at radius 3 is 2.54 bits per heavy atom. The molecule has 2 heterocycles. The first-order chi connectivity index (χ1) is 16.7. The zero-order valence-corrected chi connectivity index (χ0v) is 21.2. The highest BCUT2D eigenvalue weighted by atomic mass is 32.1. The Kier molecular flexibility index (Phi) is 6.35. The molecule has 186 valence electrons. The summed E-state index contributed by atoms with van der Waals surface area (Å²) in [7, 11) is 0. The topological polar surface area (TPSA) is 89.2 Å². The van der Waals surface area contributed by atoms with Crippen LogP contribution in [0.4, 0.5) is 10.1 Å². The normalized spacial score (nSPS) is 27.2. The third-order valence-corrected chi connectivity index (χ3v) is 8.93. The summed E-state index contributed by atoms with van der Waals surface area (Å²) >= 11 is 1.61. The number of anilines is 1. The van der Waals surface area contributed by atoms with E-state index in [2.05, 4.69) is 40.6 Å². The highest BCUT2D eigenvalue weighted by Crippen LogP contribution is 2.45. The van der Waals surface area contributed by atoms with Gasteiger partial charge in [0.05, 0.1) is 27.2 Å². The Labute approximate surface area is 210 Å². The molecule has 1 amide bonds. The summed E-state index contributed by atoms with van der Waals surface area (Å²) in [6.45, 7) is 5.52. The number of nitrogens with one attached hydrogen (secondary N) is 1. The predicted molar refractivity (Wildman–Crippen MR) is 135 cm³/mol. The number of carbonyl (C=O) groups excluding carboxylic acids is 1. The number of aromatic nitrogens is 1. The van der Waals surface area contributed by atoms with E-state index in [1.807, 2.05) is 13.8 Å². The minimum Gasteiger partial charge on any atom is -0.390 e. The highest BCUT2D eigenvalue weighted by molar-refractivity contribution is 7.15. The van der Waals surface area contributed by atoms with Gasteiger partial charge in [-0.15, -0.1) is 11.3 Å². The van der Waals surface area contributed by atoms with Crippen LogP contribution in [0.15, 0.2) is 24.3 Å². The number of alkyl halides is 1. The molecule has 1 aromatic heterocycles. The first-order valence-corrected chi connectivity index (χ1v) is 13.4. The molecule has 2 N–H and O–H groups in total. The molecule has 0 bridgehead atoms. The zero-order chi connectivity index (χ0) is 24.8. The third kappa shape index (κ3) is 5.07. The van der Waals surface area contributed by atoms with E-state index < -0.39 is 23.2 Å². The van der Waals surface area contributed by atoms with E-state index in [1.54, 1.807) is 11.3 Å². The summed E-state index contributed by atoms with van der Waals surface area (Å²) in [6, 6.07) is 10.6. The Hall–Kier alpha value is -2.50. The van der Waals surface area contributed by atoms with Crippen molar-refractivity contribution in [3.05, 3.63) is 35.0 Å². The van der Waals surface area contributed by atoms with Gasteiger partial charge in [0.25, 0.3) is 0 Å². The number of benzene rings is 1. The van der Waals surface area contributed by atoms with Crippen molar-refractivity contribution in [2.24, 2.45) is 5.92 Å². The van der Waals surface area contributed by atoms with Crippen LogP contribution in [0.3, 0.4) is 0 Å². The average molecular weight is 497 g/mol. The van der Waals surface area contributed by atoms with Gasteiger partial charge in [-0.05, 0) is 76.5 Å². The summed E-state index contributed by atoms with van der Waals surface area (Å²) in [4.78, 5) is 21.4. The molecule has 1 aromatic carbocycles. The number of carbonyl (C=O) groups is 1. The fourth-order valence-electron chi connectivity index (χ4n) is 5.43. The van der Waals surface area contributed by atoms with Crippen LogP contribution in [0, 0.1) is 24.2 Å². The fraction of sp³-hybridized carbons (Fsp3) is 0.593. The van der Waals surface area contributed by atoms with Crippen LogP contribution in [-0.4, -0.2) is 46.4 Å². The monoisotopic (exact) mass is 496 g/mol. The molecule has 2 aromatic rings. The van der Waals surface area contributed by atoms with Gasteiger partial charge in [0.2, 0.25) is 5.91 Å². The number of aliphatic hydroxyl groups is 1. The van der Waals surface area contributed by atoms with Crippen LogP contribution in [0.5, 0.6) is 0 Å². The molecule has 2 saturated carbocycles. The molecule has 3 aliphatic rings. The van der Waals surface area contributed by atoms with E-state index in [0.717, 1.165) is 52.8 Å². The van der Waals surface area contributed by atoms with E-state index in [4.69, 9.17) is 4.98 Å². The number of nitrogens with zero attached hydrogens (tertiary/aromatic N) is 3. The number of aryl methyl sites for hydroxylation is 1. The van der Waals surface area contributed by atoms with Crippen LogP contribution in [0.2, 0.25) is 0 Å². The van der Waals surface area contributed by atoms with Crippen molar-refractivity contribution >= 4 is 22.9 Å². The number of hydrogen-bond acceptors (Lipinski definition) is 6. The van der Waals surface area contributed by atoms with Gasteiger partial charge in [-0.3, -0.25) is 4.79 Å². The smallest absolute Gasteiger partial charge is 0.225 e. The summed E-state index contributed by atoms with van der Waals surface area (Å²) in [5.74, 6) is -0.907. The maximum atomic E-state index is 14.4. The maximum Gasteiger partial charge on any atom is 0.225 e. The number of thiazole rings is 1. The number of piperidine rings is 1. The van der Waals surface area contributed by atoms with Crippen molar-refractivity contribution in [2.45, 2.75) is 82.0 Å². The van der Waals surface area contributed by atoms with Crippen LogP contribution in [0.1, 0.15) is 68.5 Å². The molecule has 0 radical (unpaired) electrons. The van der Waals surface area contributed by atoms with Crippen LogP contribution >= 0.6 is 11.3 Å². The largest absolute Gasteiger partial charge is 0.390 e. The van der Waals surface area contributed by atoms with Gasteiger partial charge in [-0.1, -0.05) is 12.1 Å². The van der Waals surface area contributed by atoms with Gasteiger partial charge in [-0.25, -0.2) is 9.37 Å². The SMILES string of the molecule is Cc1nc([C@@H]2CC[C@H](F)CC2C(=O)NC2(C#N)CC2)c(-c2ccc(N3CCC(C)(O)CC3)cc2)s1. The predicted octanol–water partition coefficient (Wildman–Crippen LogP) is 4.86. The fourth-order valence-corrected chi connectivity index (χ4v) is 6.42. The highest BCUT2D eigenvalue weighted by Gasteiger charge is 2.48. The van der Waals surface area contributed by atoms with E-state index in [1.165, 1.54) is 0 Å². The summed E-state index contributed by atoms with van der Waals surface area (Å²) < 4.78 is 14.4. The summed E-state index contributed by atoms with van der Waals surface area (Å²) in [5.41, 5.74) is 1.72. The molecule has 6 nitrogen and oxygen atoms in total. The van der Waals surface area contributed by atoms with Crippen molar-refractivity contribution in [1.29, 1.82) is 5.26 Å². The Bertz CT molecular complexity index is 1130. The minimum atomic E-state index is -1.01. The van der Waals surface area contributed by atoms with Crippen molar-refractivity contribution in [3.8, 4) is 16.5 Å². The molecule has 8 heteroatoms. The van der Waals surface area contributed by atoms with Crippen LogP contribution in [-0.2, 0) is 4.79 Å². The minimum absolute atomic E-state index is 0.166. The number of halogens is 1. The van der Waals surface area contributed by atoms with Crippen molar-refractivity contribution in [1.82, 2.24) is 10.3 Å². The molecule has 3 atom stereocenters. The molecule has 0 spiro atoms. The van der Waals surface area contributed by atoms with Crippen LogP contribution in [0.25, 0.3) is 10.4 Å². The molecule has 1 aliphatic heterocycles. The lowest BCUT2D eigenvalue weighted by molar-refractivity contribution is -0.128. The molecule has 35 heavy (non-hydrogen) atoms. The number of amides is 1. The van der Waals surface area contributed by atoms with E-state index in [0.29, 0.717) is 25.7 Å². The number of nitriles is 1.